The minimum absolute atomic E-state index is 0.135. The monoisotopic (exact) mass is 313 g/mol. The standard InChI is InChI=1S/C14H13Cl2NO3/c1-3-4-11-12(14(18)19-2)20-13(17-11)8-5-6-9(15)10(16)7-8/h5-7H,3-4H2,1-2H3. The normalized spacial score (nSPS) is 10.6. The predicted molar refractivity (Wildman–Crippen MR) is 77.3 cm³/mol. The van der Waals surface area contributed by atoms with Crippen LogP contribution in [0.4, 0.5) is 0 Å². The zero-order chi connectivity index (χ0) is 14.7. The zero-order valence-electron chi connectivity index (χ0n) is 11.1. The maximum atomic E-state index is 11.7. The summed E-state index contributed by atoms with van der Waals surface area (Å²) in [4.78, 5) is 16.0. The number of aryl methyl sites for hydroxylation is 1. The van der Waals surface area contributed by atoms with Crippen molar-refractivity contribution < 1.29 is 13.9 Å². The largest absolute Gasteiger partial charge is 0.463 e. The second-order valence-electron chi connectivity index (χ2n) is 4.17. The van der Waals surface area contributed by atoms with Crippen LogP contribution in [0.3, 0.4) is 0 Å². The average Bonchev–Trinajstić information content (AvgIpc) is 2.85. The summed E-state index contributed by atoms with van der Waals surface area (Å²) in [5.41, 5.74) is 1.24. The first kappa shape index (κ1) is 14.9. The molecule has 2 rings (SSSR count). The second kappa shape index (κ2) is 6.29. The quantitative estimate of drug-likeness (QED) is 0.786. The Hall–Kier alpha value is -1.52. The molecule has 0 atom stereocenters. The summed E-state index contributed by atoms with van der Waals surface area (Å²) in [5.74, 6) is -0.0740. The zero-order valence-corrected chi connectivity index (χ0v) is 12.6. The van der Waals surface area contributed by atoms with E-state index in [0.29, 0.717) is 33.6 Å². The molecule has 1 aromatic heterocycles. The van der Waals surface area contributed by atoms with Crippen molar-refractivity contribution in [3.8, 4) is 11.5 Å². The van der Waals surface area contributed by atoms with Crippen molar-refractivity contribution in [1.29, 1.82) is 0 Å². The highest BCUT2D eigenvalue weighted by molar-refractivity contribution is 6.42. The molecule has 0 saturated heterocycles. The first-order valence-electron chi connectivity index (χ1n) is 6.10. The topological polar surface area (TPSA) is 52.3 Å². The van der Waals surface area contributed by atoms with Gasteiger partial charge in [-0.05, 0) is 24.6 Å². The maximum absolute atomic E-state index is 11.7. The Morgan fingerprint density at radius 2 is 2.10 bits per heavy atom. The fourth-order valence-electron chi connectivity index (χ4n) is 1.76. The number of halogens is 2. The highest BCUT2D eigenvalue weighted by atomic mass is 35.5. The number of nitrogens with zero attached hydrogens (tertiary/aromatic N) is 1. The van der Waals surface area contributed by atoms with Gasteiger partial charge in [0.15, 0.2) is 0 Å². The lowest BCUT2D eigenvalue weighted by atomic mass is 10.2. The van der Waals surface area contributed by atoms with E-state index in [1.807, 2.05) is 6.92 Å². The van der Waals surface area contributed by atoms with Crippen LogP contribution in [0.15, 0.2) is 22.6 Å². The van der Waals surface area contributed by atoms with Crippen molar-refractivity contribution in [1.82, 2.24) is 4.98 Å². The predicted octanol–water partition coefficient (Wildman–Crippen LogP) is 4.39. The van der Waals surface area contributed by atoms with Crippen molar-refractivity contribution in [2.75, 3.05) is 7.11 Å². The number of benzene rings is 1. The number of carbonyl (C=O) groups excluding carboxylic acids is 1. The highest BCUT2D eigenvalue weighted by Crippen LogP contribution is 2.29. The maximum Gasteiger partial charge on any atom is 0.376 e. The van der Waals surface area contributed by atoms with E-state index in [1.54, 1.807) is 18.2 Å². The number of esters is 1. The summed E-state index contributed by atoms with van der Waals surface area (Å²) < 4.78 is 10.2. The van der Waals surface area contributed by atoms with E-state index in [4.69, 9.17) is 32.4 Å². The number of hydrogen-bond acceptors (Lipinski definition) is 4. The molecule has 0 unspecified atom stereocenters. The number of aromatic nitrogens is 1. The third-order valence-corrected chi connectivity index (χ3v) is 3.46. The molecule has 0 radical (unpaired) electrons. The Labute approximate surface area is 126 Å². The van der Waals surface area contributed by atoms with Crippen LogP contribution in [0, 0.1) is 0 Å². The molecule has 2 aromatic rings. The van der Waals surface area contributed by atoms with Crippen LogP contribution in [-0.2, 0) is 11.2 Å². The van der Waals surface area contributed by atoms with E-state index >= 15 is 0 Å². The fourth-order valence-corrected chi connectivity index (χ4v) is 2.06. The first-order valence-corrected chi connectivity index (χ1v) is 6.85. The van der Waals surface area contributed by atoms with Gasteiger partial charge in [-0.15, -0.1) is 0 Å². The molecule has 0 aliphatic rings. The van der Waals surface area contributed by atoms with Gasteiger partial charge >= 0.3 is 5.97 Å². The van der Waals surface area contributed by atoms with Gasteiger partial charge in [0.05, 0.1) is 22.8 Å². The third kappa shape index (κ3) is 2.97. The summed E-state index contributed by atoms with van der Waals surface area (Å²) in [6.45, 7) is 1.99. The fraction of sp³-hybridized carbons (Fsp3) is 0.286. The molecule has 0 aliphatic carbocycles. The lowest BCUT2D eigenvalue weighted by molar-refractivity contribution is 0.0564. The Morgan fingerprint density at radius 3 is 2.70 bits per heavy atom. The van der Waals surface area contributed by atoms with Gasteiger partial charge < -0.3 is 9.15 Å². The van der Waals surface area contributed by atoms with Gasteiger partial charge in [0.2, 0.25) is 11.7 Å². The molecule has 4 nitrogen and oxygen atoms in total. The van der Waals surface area contributed by atoms with Gasteiger partial charge in [-0.1, -0.05) is 36.5 Å². The Bertz CT molecular complexity index is 637. The minimum Gasteiger partial charge on any atom is -0.463 e. The summed E-state index contributed by atoms with van der Waals surface area (Å²) in [7, 11) is 1.30. The lowest BCUT2D eigenvalue weighted by Crippen LogP contribution is -2.03. The number of methoxy groups -OCH3 is 1. The van der Waals surface area contributed by atoms with Gasteiger partial charge in [0.1, 0.15) is 0 Å². The van der Waals surface area contributed by atoms with Gasteiger partial charge in [-0.3, -0.25) is 0 Å². The number of ether oxygens (including phenoxy) is 1. The van der Waals surface area contributed by atoms with E-state index in [-0.39, 0.29) is 5.76 Å². The van der Waals surface area contributed by atoms with Crippen LogP contribution < -0.4 is 0 Å². The number of oxazole rings is 1. The molecule has 1 heterocycles. The van der Waals surface area contributed by atoms with Crippen LogP contribution in [-0.4, -0.2) is 18.1 Å². The molecule has 0 aliphatic heterocycles. The highest BCUT2D eigenvalue weighted by Gasteiger charge is 2.21. The molecular weight excluding hydrogens is 301 g/mol. The lowest BCUT2D eigenvalue weighted by Gasteiger charge is -1.98. The molecule has 0 amide bonds. The van der Waals surface area contributed by atoms with E-state index < -0.39 is 5.97 Å². The molecule has 106 valence electrons. The molecule has 0 bridgehead atoms. The molecular formula is C14H13Cl2NO3. The molecule has 6 heteroatoms. The van der Waals surface area contributed by atoms with Crippen LogP contribution in [0.1, 0.15) is 29.6 Å². The molecule has 20 heavy (non-hydrogen) atoms. The summed E-state index contributed by atoms with van der Waals surface area (Å²) in [5, 5.41) is 0.850. The van der Waals surface area contributed by atoms with Gasteiger partial charge in [0.25, 0.3) is 0 Å². The van der Waals surface area contributed by atoms with Gasteiger partial charge in [-0.25, -0.2) is 9.78 Å². The van der Waals surface area contributed by atoms with Crippen LogP contribution in [0.5, 0.6) is 0 Å². The van der Waals surface area contributed by atoms with Crippen molar-refractivity contribution in [3.05, 3.63) is 39.7 Å². The van der Waals surface area contributed by atoms with E-state index in [0.717, 1.165) is 6.42 Å². The number of hydrogen-bond donors (Lipinski definition) is 0. The van der Waals surface area contributed by atoms with Crippen LogP contribution in [0.2, 0.25) is 10.0 Å². The third-order valence-electron chi connectivity index (χ3n) is 2.72. The van der Waals surface area contributed by atoms with Crippen molar-refractivity contribution in [2.24, 2.45) is 0 Å². The Morgan fingerprint density at radius 1 is 1.35 bits per heavy atom. The van der Waals surface area contributed by atoms with Crippen LogP contribution >= 0.6 is 23.2 Å². The summed E-state index contributed by atoms with van der Waals surface area (Å²) in [6, 6.07) is 5.03. The van der Waals surface area contributed by atoms with Crippen molar-refractivity contribution >= 4 is 29.2 Å². The Balaban J connectivity index is 2.46. The molecule has 0 saturated carbocycles. The van der Waals surface area contributed by atoms with Crippen molar-refractivity contribution in [3.63, 3.8) is 0 Å². The van der Waals surface area contributed by atoms with E-state index in [1.165, 1.54) is 7.11 Å². The SMILES string of the molecule is CCCc1nc(-c2ccc(Cl)c(Cl)c2)oc1C(=O)OC. The van der Waals surface area contributed by atoms with Gasteiger partial charge in [0, 0.05) is 5.56 Å². The average molecular weight is 314 g/mol. The molecule has 1 aromatic carbocycles. The molecule has 0 spiro atoms. The van der Waals surface area contributed by atoms with E-state index in [9.17, 15) is 4.79 Å². The molecule has 0 fully saturated rings. The van der Waals surface area contributed by atoms with E-state index in [2.05, 4.69) is 4.98 Å². The minimum atomic E-state index is -0.535. The summed E-state index contributed by atoms with van der Waals surface area (Å²) in [6.07, 6.45) is 1.48. The Kier molecular flexibility index (Phi) is 4.68. The van der Waals surface area contributed by atoms with Gasteiger partial charge in [-0.2, -0.15) is 0 Å². The number of rotatable bonds is 4. The first-order chi connectivity index (χ1) is 9.56. The molecule has 0 N–H and O–H groups in total. The smallest absolute Gasteiger partial charge is 0.376 e. The second-order valence-corrected chi connectivity index (χ2v) is 4.98. The van der Waals surface area contributed by atoms with Crippen LogP contribution in [0.25, 0.3) is 11.5 Å². The van der Waals surface area contributed by atoms with Crippen molar-refractivity contribution in [2.45, 2.75) is 19.8 Å². The summed E-state index contributed by atoms with van der Waals surface area (Å²) >= 11 is 11.8. The number of carbonyl (C=O) groups is 1.